The van der Waals surface area contributed by atoms with E-state index in [1.807, 2.05) is 6.92 Å². The van der Waals surface area contributed by atoms with Crippen LogP contribution in [0.5, 0.6) is 0 Å². The average Bonchev–Trinajstić information content (AvgIpc) is 3.03. The number of nitrogens with one attached hydrogen (secondary N) is 1. The third-order valence-electron chi connectivity index (χ3n) is 3.75. The Morgan fingerprint density at radius 1 is 1.32 bits per heavy atom. The molecule has 0 bridgehead atoms. The van der Waals surface area contributed by atoms with E-state index in [0.717, 1.165) is 44.1 Å². The van der Waals surface area contributed by atoms with Crippen LogP contribution in [0.1, 0.15) is 29.6 Å². The number of rotatable bonds is 8. The molecule has 0 amide bonds. The number of guanidine groups is 1. The Bertz CT molecular complexity index is 664. The highest BCUT2D eigenvalue weighted by atomic mass is 32.2. The molecule has 0 saturated heterocycles. The third kappa shape index (κ3) is 6.71. The van der Waals surface area contributed by atoms with Gasteiger partial charge in [0, 0.05) is 49.1 Å². The van der Waals surface area contributed by atoms with Crippen molar-refractivity contribution in [3.8, 4) is 0 Å². The van der Waals surface area contributed by atoms with Gasteiger partial charge in [-0.2, -0.15) is 0 Å². The Morgan fingerprint density at radius 3 is 2.68 bits per heavy atom. The van der Waals surface area contributed by atoms with Crippen LogP contribution in [0.3, 0.4) is 0 Å². The van der Waals surface area contributed by atoms with E-state index < -0.39 is 0 Å². The zero-order valence-corrected chi connectivity index (χ0v) is 17.2. The minimum atomic E-state index is 0.816. The fourth-order valence-electron chi connectivity index (χ4n) is 2.48. The van der Waals surface area contributed by atoms with Crippen molar-refractivity contribution < 1.29 is 0 Å². The molecule has 0 radical (unpaired) electrons. The van der Waals surface area contributed by atoms with Gasteiger partial charge in [0.25, 0.3) is 0 Å². The standard InChI is InChI=1S/C19H28N4S2/c1-5-20-19(21-12-6-7-18-22-15(2)14-25-18)23(3)13-16-8-10-17(24-4)11-9-16/h8-11,14H,5-7,12-13H2,1-4H3,(H,20,21). The van der Waals surface area contributed by atoms with E-state index in [0.29, 0.717) is 0 Å². The molecule has 0 saturated carbocycles. The van der Waals surface area contributed by atoms with Crippen LogP contribution in [-0.2, 0) is 13.0 Å². The number of thioether (sulfide) groups is 1. The van der Waals surface area contributed by atoms with E-state index >= 15 is 0 Å². The summed E-state index contributed by atoms with van der Waals surface area (Å²) < 4.78 is 0. The summed E-state index contributed by atoms with van der Waals surface area (Å²) >= 11 is 3.51. The molecule has 25 heavy (non-hydrogen) atoms. The Hall–Kier alpha value is -1.53. The molecule has 0 unspecified atom stereocenters. The molecule has 2 rings (SSSR count). The monoisotopic (exact) mass is 376 g/mol. The first-order valence-corrected chi connectivity index (χ1v) is 10.8. The summed E-state index contributed by atoms with van der Waals surface area (Å²) in [4.78, 5) is 12.8. The van der Waals surface area contributed by atoms with Crippen LogP contribution in [0.25, 0.3) is 0 Å². The fraction of sp³-hybridized carbons (Fsp3) is 0.474. The van der Waals surface area contributed by atoms with E-state index in [2.05, 4.69) is 65.1 Å². The van der Waals surface area contributed by atoms with Gasteiger partial charge in [0.1, 0.15) is 0 Å². The zero-order chi connectivity index (χ0) is 18.1. The first-order valence-electron chi connectivity index (χ1n) is 8.65. The molecule has 0 atom stereocenters. The molecule has 0 fully saturated rings. The molecule has 0 spiro atoms. The maximum absolute atomic E-state index is 4.77. The summed E-state index contributed by atoms with van der Waals surface area (Å²) in [6.45, 7) is 6.69. The summed E-state index contributed by atoms with van der Waals surface area (Å²) in [6, 6.07) is 8.73. The van der Waals surface area contributed by atoms with Crippen molar-refractivity contribution in [2.45, 2.75) is 38.1 Å². The van der Waals surface area contributed by atoms with Gasteiger partial charge in [-0.15, -0.1) is 23.1 Å². The molecule has 6 heteroatoms. The fourth-order valence-corrected chi connectivity index (χ4v) is 3.71. The van der Waals surface area contributed by atoms with Crippen molar-refractivity contribution in [3.63, 3.8) is 0 Å². The van der Waals surface area contributed by atoms with Gasteiger partial charge in [-0.1, -0.05) is 12.1 Å². The lowest BCUT2D eigenvalue weighted by Crippen LogP contribution is -2.38. The topological polar surface area (TPSA) is 40.5 Å². The number of aliphatic imine (C=N–C) groups is 1. The second-order valence-corrected chi connectivity index (χ2v) is 7.75. The molecule has 2 aromatic rings. The van der Waals surface area contributed by atoms with E-state index in [9.17, 15) is 0 Å². The molecule has 4 nitrogen and oxygen atoms in total. The minimum absolute atomic E-state index is 0.816. The highest BCUT2D eigenvalue weighted by Crippen LogP contribution is 2.15. The van der Waals surface area contributed by atoms with E-state index in [-0.39, 0.29) is 0 Å². The first-order chi connectivity index (χ1) is 12.1. The quantitative estimate of drug-likeness (QED) is 0.324. The largest absolute Gasteiger partial charge is 0.357 e. The molecule has 1 aromatic heterocycles. The molecule has 1 aromatic carbocycles. The van der Waals surface area contributed by atoms with Crippen LogP contribution < -0.4 is 5.32 Å². The van der Waals surface area contributed by atoms with Gasteiger partial charge >= 0.3 is 0 Å². The smallest absolute Gasteiger partial charge is 0.193 e. The van der Waals surface area contributed by atoms with Gasteiger partial charge in [0.2, 0.25) is 0 Å². The molecular formula is C19H28N4S2. The van der Waals surface area contributed by atoms with Gasteiger partial charge in [-0.25, -0.2) is 4.98 Å². The number of aromatic nitrogens is 1. The van der Waals surface area contributed by atoms with Gasteiger partial charge < -0.3 is 10.2 Å². The van der Waals surface area contributed by atoms with Crippen molar-refractivity contribution in [1.29, 1.82) is 0 Å². The maximum atomic E-state index is 4.77. The Balaban J connectivity index is 1.87. The van der Waals surface area contributed by atoms with E-state index in [1.165, 1.54) is 15.5 Å². The molecule has 0 aliphatic carbocycles. The summed E-state index contributed by atoms with van der Waals surface area (Å²) in [5, 5.41) is 6.70. The van der Waals surface area contributed by atoms with Crippen molar-refractivity contribution in [3.05, 3.63) is 45.9 Å². The van der Waals surface area contributed by atoms with Crippen LogP contribution in [-0.4, -0.2) is 42.2 Å². The number of thiazole rings is 1. The normalized spacial score (nSPS) is 11.6. The second kappa shape index (κ2) is 10.5. The zero-order valence-electron chi connectivity index (χ0n) is 15.6. The van der Waals surface area contributed by atoms with Crippen molar-refractivity contribution >= 4 is 29.1 Å². The number of hydrogen-bond acceptors (Lipinski definition) is 4. The third-order valence-corrected chi connectivity index (χ3v) is 5.52. The molecular weight excluding hydrogens is 348 g/mol. The van der Waals surface area contributed by atoms with Crippen LogP contribution in [0.2, 0.25) is 0 Å². The highest BCUT2D eigenvalue weighted by Gasteiger charge is 2.07. The molecule has 0 aliphatic rings. The Labute approximate surface area is 159 Å². The number of nitrogens with zero attached hydrogens (tertiary/aromatic N) is 3. The summed E-state index contributed by atoms with van der Waals surface area (Å²) in [6.07, 6.45) is 4.13. The van der Waals surface area contributed by atoms with Crippen LogP contribution in [0, 0.1) is 6.92 Å². The molecule has 1 N–H and O–H groups in total. The van der Waals surface area contributed by atoms with Crippen molar-refractivity contribution in [2.75, 3.05) is 26.4 Å². The van der Waals surface area contributed by atoms with Gasteiger partial charge in [0.15, 0.2) is 5.96 Å². The van der Waals surface area contributed by atoms with Gasteiger partial charge in [-0.3, -0.25) is 4.99 Å². The Morgan fingerprint density at radius 2 is 2.08 bits per heavy atom. The van der Waals surface area contributed by atoms with Gasteiger partial charge in [-0.05, 0) is 44.2 Å². The maximum Gasteiger partial charge on any atom is 0.193 e. The Kier molecular flexibility index (Phi) is 8.28. The SMILES string of the molecule is CCNC(=NCCCc1nc(C)cs1)N(C)Cc1ccc(SC)cc1. The minimum Gasteiger partial charge on any atom is -0.357 e. The molecule has 1 heterocycles. The van der Waals surface area contributed by atoms with E-state index in [4.69, 9.17) is 4.99 Å². The lowest BCUT2D eigenvalue weighted by atomic mass is 10.2. The average molecular weight is 377 g/mol. The predicted octanol–water partition coefficient (Wildman–Crippen LogP) is 4.20. The number of benzene rings is 1. The lowest BCUT2D eigenvalue weighted by molar-refractivity contribution is 0.476. The summed E-state index contributed by atoms with van der Waals surface area (Å²) in [5.74, 6) is 0.965. The molecule has 136 valence electrons. The lowest BCUT2D eigenvalue weighted by Gasteiger charge is -2.22. The van der Waals surface area contributed by atoms with Crippen molar-refractivity contribution in [2.24, 2.45) is 4.99 Å². The van der Waals surface area contributed by atoms with E-state index in [1.54, 1.807) is 23.1 Å². The van der Waals surface area contributed by atoms with Crippen molar-refractivity contribution in [1.82, 2.24) is 15.2 Å². The number of hydrogen-bond donors (Lipinski definition) is 1. The van der Waals surface area contributed by atoms with Gasteiger partial charge in [0.05, 0.1) is 5.01 Å². The van der Waals surface area contributed by atoms with Crippen LogP contribution in [0.4, 0.5) is 0 Å². The van der Waals surface area contributed by atoms with Crippen LogP contribution in [0.15, 0.2) is 39.5 Å². The highest BCUT2D eigenvalue weighted by molar-refractivity contribution is 7.98. The second-order valence-electron chi connectivity index (χ2n) is 5.93. The van der Waals surface area contributed by atoms with Crippen LogP contribution >= 0.6 is 23.1 Å². The number of aryl methyl sites for hydroxylation is 2. The summed E-state index contributed by atoms with van der Waals surface area (Å²) in [5.41, 5.74) is 2.41. The molecule has 0 aliphatic heterocycles. The predicted molar refractivity (Wildman–Crippen MR) is 111 cm³/mol. The summed E-state index contributed by atoms with van der Waals surface area (Å²) in [7, 11) is 2.09. The first kappa shape index (κ1) is 19.8.